The van der Waals surface area contributed by atoms with Crippen molar-refractivity contribution in [3.63, 3.8) is 0 Å². The molecule has 0 saturated heterocycles. The molecule has 7 heteroatoms. The number of anilines is 2. The Morgan fingerprint density at radius 2 is 2.17 bits per heavy atom. The van der Waals surface area contributed by atoms with Crippen molar-refractivity contribution in [2.24, 2.45) is 0 Å². The Labute approximate surface area is 107 Å². The number of aromatic nitrogens is 1. The predicted octanol–water partition coefficient (Wildman–Crippen LogP) is 2.62. The Morgan fingerprint density at radius 1 is 1.39 bits per heavy atom. The number of ether oxygens (including phenoxy) is 1. The Balaban J connectivity index is 2.09. The minimum absolute atomic E-state index is 0.301. The van der Waals surface area contributed by atoms with Gasteiger partial charge in [0, 0.05) is 6.54 Å². The van der Waals surface area contributed by atoms with Gasteiger partial charge in [0.05, 0.1) is 7.11 Å². The second-order valence-electron chi connectivity index (χ2n) is 3.53. The monoisotopic (exact) mass is 271 g/mol. The van der Waals surface area contributed by atoms with Crippen molar-refractivity contribution >= 4 is 22.4 Å². The van der Waals surface area contributed by atoms with Gasteiger partial charge in [-0.05, 0) is 29.2 Å². The summed E-state index contributed by atoms with van der Waals surface area (Å²) in [6.07, 6.45) is 0. The second-order valence-corrected chi connectivity index (χ2v) is 4.31. The van der Waals surface area contributed by atoms with Crippen LogP contribution in [0.1, 0.15) is 5.56 Å². The van der Waals surface area contributed by atoms with Crippen molar-refractivity contribution in [1.82, 2.24) is 4.37 Å². The van der Waals surface area contributed by atoms with E-state index >= 15 is 0 Å². The van der Waals surface area contributed by atoms with Gasteiger partial charge in [-0.15, -0.1) is 0 Å². The van der Waals surface area contributed by atoms with E-state index in [4.69, 9.17) is 10.5 Å². The maximum atomic E-state index is 13.0. The van der Waals surface area contributed by atoms with Crippen LogP contribution in [-0.2, 0) is 6.54 Å². The van der Waals surface area contributed by atoms with Crippen LogP contribution in [0.5, 0.6) is 5.75 Å². The fourth-order valence-electron chi connectivity index (χ4n) is 1.44. The fourth-order valence-corrected chi connectivity index (χ4v) is 2.12. The van der Waals surface area contributed by atoms with Gasteiger partial charge in [0.15, 0.2) is 28.2 Å². The molecule has 0 fully saturated rings. The molecule has 0 unspecified atom stereocenters. The fraction of sp³-hybridized carbons (Fsp3) is 0.182. The zero-order valence-electron chi connectivity index (χ0n) is 9.54. The van der Waals surface area contributed by atoms with Gasteiger partial charge < -0.3 is 15.8 Å². The number of hydrogen-bond acceptors (Lipinski definition) is 5. The molecule has 2 rings (SSSR count). The summed E-state index contributed by atoms with van der Waals surface area (Å²) in [7, 11) is 1.49. The van der Waals surface area contributed by atoms with Crippen LogP contribution in [0.3, 0.4) is 0 Å². The van der Waals surface area contributed by atoms with Crippen LogP contribution in [0.4, 0.5) is 19.6 Å². The molecule has 4 nitrogen and oxygen atoms in total. The summed E-state index contributed by atoms with van der Waals surface area (Å²) in [5.74, 6) is -0.971. The first-order chi connectivity index (χ1) is 8.61. The van der Waals surface area contributed by atoms with E-state index in [1.165, 1.54) is 13.2 Å². The van der Waals surface area contributed by atoms with E-state index < -0.39 is 11.6 Å². The highest BCUT2D eigenvalue weighted by Crippen LogP contribution is 2.34. The van der Waals surface area contributed by atoms with E-state index in [1.54, 1.807) is 0 Å². The van der Waals surface area contributed by atoms with Crippen LogP contribution in [0.25, 0.3) is 0 Å². The molecule has 2 aromatic rings. The Hall–Kier alpha value is -1.89. The van der Waals surface area contributed by atoms with Crippen molar-refractivity contribution in [3.05, 3.63) is 35.4 Å². The molecule has 0 aliphatic heterocycles. The maximum absolute atomic E-state index is 13.0. The third kappa shape index (κ3) is 2.51. The first kappa shape index (κ1) is 12.6. The molecule has 3 N–H and O–H groups in total. The van der Waals surface area contributed by atoms with Crippen molar-refractivity contribution in [2.75, 3.05) is 18.2 Å². The van der Waals surface area contributed by atoms with Crippen LogP contribution in [-0.4, -0.2) is 11.5 Å². The highest BCUT2D eigenvalue weighted by Gasteiger charge is 2.11. The number of halogens is 2. The minimum Gasteiger partial charge on any atom is -0.490 e. The number of rotatable bonds is 4. The molecular formula is C11H11F2N3OS. The van der Waals surface area contributed by atoms with E-state index in [0.717, 1.165) is 23.7 Å². The van der Waals surface area contributed by atoms with Gasteiger partial charge in [-0.2, -0.15) is 4.37 Å². The van der Waals surface area contributed by atoms with Gasteiger partial charge in [0.25, 0.3) is 0 Å². The molecule has 0 spiro atoms. The molecule has 0 saturated carbocycles. The molecule has 0 radical (unpaired) electrons. The average Bonchev–Trinajstić information content (AvgIpc) is 2.71. The van der Waals surface area contributed by atoms with E-state index in [9.17, 15) is 8.78 Å². The SMILES string of the molecule is COc1c(N)nsc1NCc1ccc(F)c(F)c1. The molecule has 1 aromatic heterocycles. The van der Waals surface area contributed by atoms with Crippen molar-refractivity contribution in [1.29, 1.82) is 0 Å². The summed E-state index contributed by atoms with van der Waals surface area (Å²) in [6.45, 7) is 0.329. The summed E-state index contributed by atoms with van der Waals surface area (Å²) >= 11 is 1.15. The first-order valence-electron chi connectivity index (χ1n) is 5.08. The minimum atomic E-state index is -0.870. The van der Waals surface area contributed by atoms with Crippen molar-refractivity contribution < 1.29 is 13.5 Å². The standard InChI is InChI=1S/C11H11F2N3OS/c1-17-9-10(14)16-18-11(9)15-5-6-2-3-7(12)8(13)4-6/h2-4,15H,5H2,1H3,(H2,14,16). The molecule has 96 valence electrons. The molecule has 18 heavy (non-hydrogen) atoms. The molecule has 0 aliphatic rings. The van der Waals surface area contributed by atoms with Gasteiger partial charge in [-0.25, -0.2) is 8.78 Å². The highest BCUT2D eigenvalue weighted by atomic mass is 32.1. The highest BCUT2D eigenvalue weighted by molar-refractivity contribution is 7.11. The quantitative estimate of drug-likeness (QED) is 0.897. The average molecular weight is 271 g/mol. The number of nitrogens with one attached hydrogen (secondary N) is 1. The summed E-state index contributed by atoms with van der Waals surface area (Å²) in [5.41, 5.74) is 6.20. The summed E-state index contributed by atoms with van der Waals surface area (Å²) in [6, 6.07) is 3.73. The Kier molecular flexibility index (Phi) is 3.61. The summed E-state index contributed by atoms with van der Waals surface area (Å²) in [4.78, 5) is 0. The third-order valence-electron chi connectivity index (χ3n) is 2.32. The van der Waals surface area contributed by atoms with Gasteiger partial charge in [0.2, 0.25) is 0 Å². The molecule has 1 aromatic carbocycles. The summed E-state index contributed by atoms with van der Waals surface area (Å²) in [5, 5.41) is 3.66. The van der Waals surface area contributed by atoms with Crippen molar-refractivity contribution in [3.8, 4) is 5.75 Å². The molecule has 0 bridgehead atoms. The van der Waals surface area contributed by atoms with Gasteiger partial charge in [-0.1, -0.05) is 6.07 Å². The van der Waals surface area contributed by atoms with E-state index in [0.29, 0.717) is 28.7 Å². The molecular weight excluding hydrogens is 260 g/mol. The molecule has 0 aliphatic carbocycles. The zero-order chi connectivity index (χ0) is 13.1. The van der Waals surface area contributed by atoms with Gasteiger partial charge in [0.1, 0.15) is 0 Å². The van der Waals surface area contributed by atoms with Crippen LogP contribution < -0.4 is 15.8 Å². The lowest BCUT2D eigenvalue weighted by molar-refractivity contribution is 0.419. The van der Waals surface area contributed by atoms with Crippen LogP contribution in [0.15, 0.2) is 18.2 Å². The van der Waals surface area contributed by atoms with Crippen molar-refractivity contribution in [2.45, 2.75) is 6.54 Å². The number of hydrogen-bond donors (Lipinski definition) is 2. The molecule has 0 amide bonds. The molecule has 1 heterocycles. The lowest BCUT2D eigenvalue weighted by Crippen LogP contribution is -2.01. The predicted molar refractivity (Wildman–Crippen MR) is 66.8 cm³/mol. The van der Waals surface area contributed by atoms with Gasteiger partial charge >= 0.3 is 0 Å². The lowest BCUT2D eigenvalue weighted by atomic mass is 10.2. The third-order valence-corrected chi connectivity index (χ3v) is 3.12. The van der Waals surface area contributed by atoms with Crippen LogP contribution in [0.2, 0.25) is 0 Å². The number of benzene rings is 1. The smallest absolute Gasteiger partial charge is 0.197 e. The Morgan fingerprint density at radius 3 is 2.83 bits per heavy atom. The lowest BCUT2D eigenvalue weighted by Gasteiger charge is -2.06. The molecule has 0 atom stereocenters. The zero-order valence-corrected chi connectivity index (χ0v) is 10.4. The Bertz CT molecular complexity index is 559. The van der Waals surface area contributed by atoms with E-state index in [-0.39, 0.29) is 0 Å². The number of methoxy groups -OCH3 is 1. The largest absolute Gasteiger partial charge is 0.490 e. The van der Waals surface area contributed by atoms with Gasteiger partial charge in [-0.3, -0.25) is 0 Å². The normalized spacial score (nSPS) is 10.4. The topological polar surface area (TPSA) is 60.2 Å². The number of nitrogens with zero attached hydrogens (tertiary/aromatic N) is 1. The maximum Gasteiger partial charge on any atom is 0.197 e. The number of nitrogens with two attached hydrogens (primary N) is 1. The second kappa shape index (κ2) is 5.18. The van der Waals surface area contributed by atoms with Crippen LogP contribution >= 0.6 is 11.5 Å². The van der Waals surface area contributed by atoms with E-state index in [1.807, 2.05) is 0 Å². The van der Waals surface area contributed by atoms with E-state index in [2.05, 4.69) is 9.69 Å². The van der Waals surface area contributed by atoms with Crippen LogP contribution in [0, 0.1) is 11.6 Å². The summed E-state index contributed by atoms with van der Waals surface area (Å²) < 4.78 is 34.7. The first-order valence-corrected chi connectivity index (χ1v) is 5.86. The number of nitrogen functional groups attached to an aromatic ring is 1.